The maximum atomic E-state index is 11.9. The fourth-order valence-electron chi connectivity index (χ4n) is 1.76. The summed E-state index contributed by atoms with van der Waals surface area (Å²) in [5, 5.41) is 3.26. The molecule has 102 valence electrons. The number of alkyl halides is 1. The summed E-state index contributed by atoms with van der Waals surface area (Å²) < 4.78 is 23.1. The molecule has 0 saturated heterocycles. The van der Waals surface area contributed by atoms with E-state index in [2.05, 4.69) is 5.32 Å². The molecule has 1 aliphatic rings. The lowest BCUT2D eigenvalue weighted by Crippen LogP contribution is -2.36. The Morgan fingerprint density at radius 3 is 2.29 bits per heavy atom. The van der Waals surface area contributed by atoms with Gasteiger partial charge in [0.05, 0.1) is 10.5 Å². The molecule has 1 fully saturated rings. The van der Waals surface area contributed by atoms with Crippen molar-refractivity contribution in [2.75, 3.05) is 24.7 Å². The van der Waals surface area contributed by atoms with Gasteiger partial charge in [-0.25, -0.2) is 8.42 Å². The van der Waals surface area contributed by atoms with Crippen LogP contribution in [-0.4, -0.2) is 37.9 Å². The molecule has 0 atom stereocenters. The third kappa shape index (κ3) is 4.42. The minimum atomic E-state index is -3.00. The predicted molar refractivity (Wildman–Crippen MR) is 73.4 cm³/mol. The molecule has 0 spiro atoms. The number of hydrogen-bond donors (Lipinski definition) is 1. The lowest BCUT2D eigenvalue weighted by molar-refractivity contribution is 0.452. The second kappa shape index (κ2) is 5.45. The lowest BCUT2D eigenvalue weighted by atomic mass is 10.0. The first kappa shape index (κ1) is 15.3. The zero-order valence-corrected chi connectivity index (χ0v) is 12.6. The van der Waals surface area contributed by atoms with Crippen LogP contribution in [0.2, 0.25) is 0 Å². The summed E-state index contributed by atoms with van der Waals surface area (Å²) in [6, 6.07) is 0. The lowest BCUT2D eigenvalue weighted by Gasteiger charge is -2.20. The summed E-state index contributed by atoms with van der Waals surface area (Å²) in [6.07, 6.45) is 3.48. The smallest absolute Gasteiger partial charge is 0.156 e. The molecule has 0 aromatic rings. The normalized spacial score (nSPS) is 19.3. The van der Waals surface area contributed by atoms with Gasteiger partial charge in [-0.15, -0.1) is 11.6 Å². The van der Waals surface area contributed by atoms with Crippen molar-refractivity contribution in [2.24, 2.45) is 5.41 Å². The van der Waals surface area contributed by atoms with E-state index in [-0.39, 0.29) is 5.75 Å². The van der Waals surface area contributed by atoms with Gasteiger partial charge in [-0.05, 0) is 45.4 Å². The van der Waals surface area contributed by atoms with Gasteiger partial charge in [0.15, 0.2) is 9.84 Å². The van der Waals surface area contributed by atoms with Crippen molar-refractivity contribution < 1.29 is 8.42 Å². The van der Waals surface area contributed by atoms with Gasteiger partial charge in [0.25, 0.3) is 0 Å². The van der Waals surface area contributed by atoms with Crippen LogP contribution in [0.3, 0.4) is 0 Å². The largest absolute Gasteiger partial charge is 0.315 e. The monoisotopic (exact) mass is 281 g/mol. The van der Waals surface area contributed by atoms with E-state index in [4.69, 9.17) is 11.6 Å². The SMILES string of the molecule is CC(C)(C)S(=O)(=O)CCNCC1(CCCl)CC1. The van der Waals surface area contributed by atoms with Crippen molar-refractivity contribution in [1.82, 2.24) is 5.32 Å². The van der Waals surface area contributed by atoms with Crippen molar-refractivity contribution in [2.45, 2.75) is 44.8 Å². The third-order valence-corrected chi connectivity index (χ3v) is 6.36. The van der Waals surface area contributed by atoms with Crippen molar-refractivity contribution in [3.05, 3.63) is 0 Å². The maximum Gasteiger partial charge on any atom is 0.156 e. The molecule has 1 aliphatic carbocycles. The molecule has 0 unspecified atom stereocenters. The zero-order chi connectivity index (χ0) is 13.2. The molecule has 0 aromatic heterocycles. The van der Waals surface area contributed by atoms with Crippen molar-refractivity contribution in [3.63, 3.8) is 0 Å². The molecule has 0 bridgehead atoms. The molecule has 0 heterocycles. The summed E-state index contributed by atoms with van der Waals surface area (Å²) >= 11 is 5.75. The second-order valence-corrected chi connectivity index (χ2v) is 9.29. The van der Waals surface area contributed by atoms with E-state index in [1.54, 1.807) is 20.8 Å². The van der Waals surface area contributed by atoms with Gasteiger partial charge in [-0.2, -0.15) is 0 Å². The highest BCUT2D eigenvalue weighted by Crippen LogP contribution is 2.48. The van der Waals surface area contributed by atoms with E-state index in [1.807, 2.05) is 0 Å². The number of halogens is 1. The standard InChI is InChI=1S/C12H24ClNO2S/c1-11(2,3)17(15,16)9-8-14-10-12(4-5-12)6-7-13/h14H,4-10H2,1-3H3. The van der Waals surface area contributed by atoms with Crippen LogP contribution >= 0.6 is 11.6 Å². The number of nitrogens with one attached hydrogen (secondary N) is 1. The quantitative estimate of drug-likeness (QED) is 0.575. The maximum absolute atomic E-state index is 11.9. The highest BCUT2D eigenvalue weighted by Gasteiger charge is 2.41. The second-order valence-electron chi connectivity index (χ2n) is 6.05. The number of hydrogen-bond acceptors (Lipinski definition) is 3. The molecule has 0 radical (unpaired) electrons. The first-order valence-corrected chi connectivity index (χ1v) is 8.40. The van der Waals surface area contributed by atoms with Crippen LogP contribution in [0.25, 0.3) is 0 Å². The van der Waals surface area contributed by atoms with Crippen LogP contribution in [-0.2, 0) is 9.84 Å². The van der Waals surface area contributed by atoms with Crippen LogP contribution in [0.4, 0.5) is 0 Å². The van der Waals surface area contributed by atoms with Gasteiger partial charge in [0.1, 0.15) is 0 Å². The Balaban J connectivity index is 2.25. The molecule has 0 aliphatic heterocycles. The first-order valence-electron chi connectivity index (χ1n) is 6.21. The minimum absolute atomic E-state index is 0.216. The van der Waals surface area contributed by atoms with E-state index >= 15 is 0 Å². The molecular formula is C12H24ClNO2S. The Labute approximate surface area is 110 Å². The zero-order valence-electron chi connectivity index (χ0n) is 11.1. The Morgan fingerprint density at radius 2 is 1.88 bits per heavy atom. The Kier molecular flexibility index (Phi) is 4.89. The fourth-order valence-corrected chi connectivity index (χ4v) is 3.18. The molecule has 0 amide bonds. The number of rotatable bonds is 7. The first-order chi connectivity index (χ1) is 7.72. The van der Waals surface area contributed by atoms with Crippen LogP contribution in [0, 0.1) is 5.41 Å². The molecule has 17 heavy (non-hydrogen) atoms. The molecule has 0 aromatic carbocycles. The summed E-state index contributed by atoms with van der Waals surface area (Å²) in [5.41, 5.74) is 0.368. The average Bonchev–Trinajstić information content (AvgIpc) is 2.92. The molecule has 5 heteroatoms. The van der Waals surface area contributed by atoms with Crippen molar-refractivity contribution in [1.29, 1.82) is 0 Å². The summed E-state index contributed by atoms with van der Waals surface area (Å²) in [4.78, 5) is 0. The van der Waals surface area contributed by atoms with Crippen LogP contribution in [0.5, 0.6) is 0 Å². The Bertz CT molecular complexity index is 342. The van der Waals surface area contributed by atoms with Gasteiger partial charge in [-0.3, -0.25) is 0 Å². The van der Waals surface area contributed by atoms with Crippen LogP contribution in [0.1, 0.15) is 40.0 Å². The van der Waals surface area contributed by atoms with Gasteiger partial charge in [-0.1, -0.05) is 0 Å². The molecule has 1 N–H and O–H groups in total. The van der Waals surface area contributed by atoms with E-state index in [0.717, 1.165) is 13.0 Å². The average molecular weight is 282 g/mol. The third-order valence-electron chi connectivity index (χ3n) is 3.56. The predicted octanol–water partition coefficient (Wildman–Crippen LogP) is 2.20. The van der Waals surface area contributed by atoms with Gasteiger partial charge in [0.2, 0.25) is 0 Å². The molecule has 1 saturated carbocycles. The minimum Gasteiger partial charge on any atom is -0.315 e. The molecular weight excluding hydrogens is 258 g/mol. The highest BCUT2D eigenvalue weighted by molar-refractivity contribution is 7.92. The highest BCUT2D eigenvalue weighted by atomic mass is 35.5. The van der Waals surface area contributed by atoms with E-state index in [1.165, 1.54) is 12.8 Å². The topological polar surface area (TPSA) is 46.2 Å². The van der Waals surface area contributed by atoms with Crippen molar-refractivity contribution in [3.8, 4) is 0 Å². The van der Waals surface area contributed by atoms with Gasteiger partial charge < -0.3 is 5.32 Å². The summed E-state index contributed by atoms with van der Waals surface area (Å²) in [5.74, 6) is 0.912. The van der Waals surface area contributed by atoms with Gasteiger partial charge >= 0.3 is 0 Å². The van der Waals surface area contributed by atoms with Crippen molar-refractivity contribution >= 4 is 21.4 Å². The number of sulfone groups is 1. The van der Waals surface area contributed by atoms with Crippen LogP contribution < -0.4 is 5.32 Å². The van der Waals surface area contributed by atoms with Crippen LogP contribution in [0.15, 0.2) is 0 Å². The van der Waals surface area contributed by atoms with E-state index in [0.29, 0.717) is 17.8 Å². The summed E-state index contributed by atoms with van der Waals surface area (Å²) in [6.45, 7) is 6.69. The molecule has 1 rings (SSSR count). The Hall–Kier alpha value is 0.200. The molecule has 3 nitrogen and oxygen atoms in total. The Morgan fingerprint density at radius 1 is 1.29 bits per heavy atom. The van der Waals surface area contributed by atoms with E-state index in [9.17, 15) is 8.42 Å². The van der Waals surface area contributed by atoms with E-state index < -0.39 is 14.6 Å². The fraction of sp³-hybridized carbons (Fsp3) is 1.00. The van der Waals surface area contributed by atoms with Gasteiger partial charge in [0, 0.05) is 19.0 Å². The summed E-state index contributed by atoms with van der Waals surface area (Å²) in [7, 11) is -3.00.